The Labute approximate surface area is 152 Å². The molecule has 1 atom stereocenters. The van der Waals surface area contributed by atoms with Crippen molar-refractivity contribution in [1.29, 1.82) is 0 Å². The molecule has 0 spiro atoms. The Morgan fingerprint density at radius 1 is 1.08 bits per heavy atom. The third-order valence-electron chi connectivity index (χ3n) is 4.24. The molecule has 0 aliphatic heterocycles. The van der Waals surface area contributed by atoms with Gasteiger partial charge >= 0.3 is 0 Å². The lowest BCUT2D eigenvalue weighted by atomic mass is 9.82. The summed E-state index contributed by atoms with van der Waals surface area (Å²) in [5.41, 5.74) is 3.19. The van der Waals surface area contributed by atoms with Gasteiger partial charge < -0.3 is 4.74 Å². The van der Waals surface area contributed by atoms with Gasteiger partial charge in [-0.25, -0.2) is 0 Å². The Morgan fingerprint density at radius 3 is 2.36 bits per heavy atom. The molecule has 0 saturated heterocycles. The van der Waals surface area contributed by atoms with Crippen molar-refractivity contribution in [2.45, 2.75) is 54.1 Å². The summed E-state index contributed by atoms with van der Waals surface area (Å²) in [6.07, 6.45) is 1.65. The largest absolute Gasteiger partial charge is 0.489 e. The molecule has 0 fully saturated rings. The highest BCUT2D eigenvalue weighted by Crippen LogP contribution is 2.28. The number of hydrogen-bond acceptors (Lipinski definition) is 2. The number of Topliss-reactive ketones (excluding diaryl/α,β-unsaturated/α-hetero) is 1. The summed E-state index contributed by atoms with van der Waals surface area (Å²) in [5, 5.41) is 0. The van der Waals surface area contributed by atoms with Gasteiger partial charge in [-0.15, -0.1) is 0 Å². The van der Waals surface area contributed by atoms with Gasteiger partial charge in [0.1, 0.15) is 12.4 Å². The number of carbonyl (C=O) groups excluding carboxylic acids is 1. The Morgan fingerprint density at radius 2 is 1.76 bits per heavy atom. The smallest absolute Gasteiger partial charge is 0.163 e. The van der Waals surface area contributed by atoms with Crippen molar-refractivity contribution in [3.63, 3.8) is 0 Å². The summed E-state index contributed by atoms with van der Waals surface area (Å²) in [6, 6.07) is 15.9. The van der Waals surface area contributed by atoms with E-state index >= 15 is 0 Å². The molecule has 2 aromatic rings. The second-order valence-corrected chi connectivity index (χ2v) is 8.25. The molecule has 0 bridgehead atoms. The lowest BCUT2D eigenvalue weighted by molar-refractivity contribution is 0.0953. The van der Waals surface area contributed by atoms with Crippen LogP contribution in [0.3, 0.4) is 0 Å². The van der Waals surface area contributed by atoms with Crippen LogP contribution in [-0.4, -0.2) is 5.78 Å². The van der Waals surface area contributed by atoms with Crippen molar-refractivity contribution in [3.05, 3.63) is 65.2 Å². The highest BCUT2D eigenvalue weighted by atomic mass is 16.5. The quantitative estimate of drug-likeness (QED) is 0.560. The molecule has 0 heterocycles. The molecule has 2 aromatic carbocycles. The number of rotatable bonds is 7. The molecular weight excluding hydrogens is 308 g/mol. The molecule has 0 aliphatic carbocycles. The van der Waals surface area contributed by atoms with Gasteiger partial charge in [-0.1, -0.05) is 58.0 Å². The fourth-order valence-electron chi connectivity index (χ4n) is 3.32. The Hall–Kier alpha value is -2.09. The molecule has 134 valence electrons. The maximum atomic E-state index is 12.6. The molecule has 2 nitrogen and oxygen atoms in total. The van der Waals surface area contributed by atoms with Crippen LogP contribution in [0.4, 0.5) is 0 Å². The van der Waals surface area contributed by atoms with Crippen LogP contribution < -0.4 is 4.74 Å². The van der Waals surface area contributed by atoms with Gasteiger partial charge in [0.2, 0.25) is 0 Å². The first kappa shape index (κ1) is 19.2. The van der Waals surface area contributed by atoms with E-state index in [0.29, 0.717) is 18.9 Å². The molecular formula is C23H30O2. The molecule has 0 radical (unpaired) electrons. The number of ketones is 1. The van der Waals surface area contributed by atoms with Crippen LogP contribution in [0.5, 0.6) is 5.75 Å². The minimum absolute atomic E-state index is 0.226. The molecule has 2 rings (SSSR count). The van der Waals surface area contributed by atoms with E-state index in [1.54, 1.807) is 0 Å². The van der Waals surface area contributed by atoms with Gasteiger partial charge in [-0.05, 0) is 54.0 Å². The summed E-state index contributed by atoms with van der Waals surface area (Å²) in [4.78, 5) is 12.6. The average molecular weight is 338 g/mol. The highest BCUT2D eigenvalue weighted by molar-refractivity contribution is 5.97. The van der Waals surface area contributed by atoms with Crippen LogP contribution in [0.25, 0.3) is 0 Å². The van der Waals surface area contributed by atoms with Gasteiger partial charge in [0.15, 0.2) is 5.78 Å². The molecule has 0 aromatic heterocycles. The van der Waals surface area contributed by atoms with E-state index < -0.39 is 0 Å². The molecule has 0 N–H and O–H groups in total. The molecule has 25 heavy (non-hydrogen) atoms. The third-order valence-corrected chi connectivity index (χ3v) is 4.24. The summed E-state index contributed by atoms with van der Waals surface area (Å²) < 4.78 is 5.84. The van der Waals surface area contributed by atoms with Crippen molar-refractivity contribution in [2.24, 2.45) is 11.3 Å². The van der Waals surface area contributed by atoms with Gasteiger partial charge in [-0.2, -0.15) is 0 Å². The lowest BCUT2D eigenvalue weighted by Gasteiger charge is -2.23. The standard InChI is InChI=1S/C23H30O2/c1-17(15-23(3,4)5)13-22(24)21-12-11-20(14-18(21)2)25-16-19-9-7-6-8-10-19/h6-12,14,17H,13,15-16H2,1-5H3. The first-order valence-electron chi connectivity index (χ1n) is 9.05. The van der Waals surface area contributed by atoms with Crippen molar-refractivity contribution >= 4 is 5.78 Å². The maximum absolute atomic E-state index is 12.6. The second-order valence-electron chi connectivity index (χ2n) is 8.25. The van der Waals surface area contributed by atoms with Crippen LogP contribution >= 0.6 is 0 Å². The van der Waals surface area contributed by atoms with Crippen molar-refractivity contribution in [2.75, 3.05) is 0 Å². The van der Waals surface area contributed by atoms with E-state index in [2.05, 4.69) is 27.7 Å². The zero-order valence-corrected chi connectivity index (χ0v) is 16.1. The van der Waals surface area contributed by atoms with Crippen LogP contribution in [0.2, 0.25) is 0 Å². The van der Waals surface area contributed by atoms with Gasteiger partial charge in [0.25, 0.3) is 0 Å². The predicted octanol–water partition coefficient (Wildman–Crippen LogP) is 6.22. The summed E-state index contributed by atoms with van der Waals surface area (Å²) in [6.45, 7) is 11.3. The van der Waals surface area contributed by atoms with Gasteiger partial charge in [0.05, 0.1) is 0 Å². The Balaban J connectivity index is 1.97. The number of carbonyl (C=O) groups is 1. The molecule has 1 unspecified atom stereocenters. The monoisotopic (exact) mass is 338 g/mol. The predicted molar refractivity (Wildman–Crippen MR) is 104 cm³/mol. The zero-order valence-electron chi connectivity index (χ0n) is 16.1. The van der Waals surface area contributed by atoms with Crippen molar-refractivity contribution < 1.29 is 9.53 Å². The average Bonchev–Trinajstić information content (AvgIpc) is 2.52. The van der Waals surface area contributed by atoms with Crippen molar-refractivity contribution in [3.8, 4) is 5.75 Å². The fraction of sp³-hybridized carbons (Fsp3) is 0.435. The van der Waals surface area contributed by atoms with Gasteiger partial charge in [-0.3, -0.25) is 4.79 Å². The zero-order chi connectivity index (χ0) is 18.4. The van der Waals surface area contributed by atoms with Crippen LogP contribution in [0, 0.1) is 18.3 Å². The molecule has 0 aliphatic rings. The van der Waals surface area contributed by atoms with Crippen molar-refractivity contribution in [1.82, 2.24) is 0 Å². The minimum Gasteiger partial charge on any atom is -0.489 e. The fourth-order valence-corrected chi connectivity index (χ4v) is 3.32. The Kier molecular flexibility index (Phi) is 6.41. The lowest BCUT2D eigenvalue weighted by Crippen LogP contribution is -2.15. The number of benzene rings is 2. The van der Waals surface area contributed by atoms with Gasteiger partial charge in [0, 0.05) is 12.0 Å². The SMILES string of the molecule is Cc1cc(OCc2ccccc2)ccc1C(=O)CC(C)CC(C)(C)C. The molecule has 2 heteroatoms. The topological polar surface area (TPSA) is 26.3 Å². The van der Waals surface area contributed by atoms with E-state index in [9.17, 15) is 4.79 Å². The van der Waals surface area contributed by atoms with E-state index in [0.717, 1.165) is 28.9 Å². The van der Waals surface area contributed by atoms with E-state index in [-0.39, 0.29) is 11.2 Å². The molecule has 0 saturated carbocycles. The summed E-state index contributed by atoms with van der Waals surface area (Å²) in [5.74, 6) is 1.42. The van der Waals surface area contributed by atoms with Crippen LogP contribution in [-0.2, 0) is 6.61 Å². The number of aryl methyl sites for hydroxylation is 1. The highest BCUT2D eigenvalue weighted by Gasteiger charge is 2.19. The summed E-state index contributed by atoms with van der Waals surface area (Å²) >= 11 is 0. The maximum Gasteiger partial charge on any atom is 0.163 e. The second kappa shape index (κ2) is 8.33. The minimum atomic E-state index is 0.226. The van der Waals surface area contributed by atoms with E-state index in [1.165, 1.54) is 0 Å². The van der Waals surface area contributed by atoms with Crippen LogP contribution in [0.15, 0.2) is 48.5 Å². The first-order valence-corrected chi connectivity index (χ1v) is 9.05. The number of ether oxygens (including phenoxy) is 1. The first-order chi connectivity index (χ1) is 11.7. The summed E-state index contributed by atoms with van der Waals surface area (Å²) in [7, 11) is 0. The Bertz CT molecular complexity index is 696. The molecule has 0 amide bonds. The third kappa shape index (κ3) is 6.38. The normalized spacial score (nSPS) is 12.7. The van der Waals surface area contributed by atoms with E-state index in [4.69, 9.17) is 4.74 Å². The van der Waals surface area contributed by atoms with E-state index in [1.807, 2.05) is 55.5 Å². The number of hydrogen-bond donors (Lipinski definition) is 0. The van der Waals surface area contributed by atoms with Crippen LogP contribution in [0.1, 0.15) is 62.0 Å².